The Balaban J connectivity index is 1.17. The lowest BCUT2D eigenvalue weighted by Gasteiger charge is -2.37. The molecule has 0 saturated carbocycles. The Hall–Kier alpha value is -5.38. The number of imide groups is 1. The van der Waals surface area contributed by atoms with Crippen molar-refractivity contribution in [3.63, 3.8) is 0 Å². The van der Waals surface area contributed by atoms with Crippen molar-refractivity contribution >= 4 is 50.8 Å². The molecule has 2 aliphatic heterocycles. The first-order valence-electron chi connectivity index (χ1n) is 16.9. The molecule has 0 radical (unpaired) electrons. The molecular weight excluding hydrogens is 620 g/mol. The zero-order valence-electron chi connectivity index (χ0n) is 28.0. The van der Waals surface area contributed by atoms with Crippen LogP contribution in [0.4, 0.5) is 11.4 Å². The second-order valence-corrected chi connectivity index (χ2v) is 13.9. The van der Waals surface area contributed by atoms with Crippen molar-refractivity contribution < 1.29 is 19.3 Å². The number of nitro groups is 1. The molecule has 10 heteroatoms. The molecule has 2 N–H and O–H groups in total. The Labute approximate surface area is 283 Å². The number of nitrogens with one attached hydrogen (secondary N) is 2. The van der Waals surface area contributed by atoms with Gasteiger partial charge >= 0.3 is 0 Å². The molecular formula is C39H38N4O6. The molecule has 0 bridgehead atoms. The normalized spacial score (nSPS) is 20.1. The van der Waals surface area contributed by atoms with E-state index in [0.717, 1.165) is 24.5 Å². The Morgan fingerprint density at radius 1 is 0.980 bits per heavy atom. The first-order chi connectivity index (χ1) is 23.4. The second kappa shape index (κ2) is 11.9. The first-order valence-corrected chi connectivity index (χ1v) is 16.9. The van der Waals surface area contributed by atoms with Gasteiger partial charge in [-0.05, 0) is 91.5 Å². The number of pyridine rings is 1. The molecule has 1 aliphatic carbocycles. The summed E-state index contributed by atoms with van der Waals surface area (Å²) in [4.78, 5) is 69.3. The summed E-state index contributed by atoms with van der Waals surface area (Å²) in [5, 5.41) is 15.9. The number of aromatic nitrogens is 1. The van der Waals surface area contributed by atoms with Gasteiger partial charge in [-0.2, -0.15) is 0 Å². The molecule has 0 spiro atoms. The van der Waals surface area contributed by atoms with Gasteiger partial charge in [-0.15, -0.1) is 0 Å². The third-order valence-electron chi connectivity index (χ3n) is 10.8. The molecule has 0 saturated heterocycles. The van der Waals surface area contributed by atoms with E-state index in [1.54, 1.807) is 12.1 Å². The van der Waals surface area contributed by atoms with E-state index in [-0.39, 0.29) is 46.5 Å². The van der Waals surface area contributed by atoms with Crippen LogP contribution >= 0.6 is 0 Å². The summed E-state index contributed by atoms with van der Waals surface area (Å²) in [6.45, 7) is 8.30. The number of rotatable bonds is 8. The van der Waals surface area contributed by atoms with E-state index >= 15 is 0 Å². The number of nitro benzene ring substituents is 1. The first kappa shape index (κ1) is 32.2. The van der Waals surface area contributed by atoms with E-state index in [1.807, 2.05) is 39.0 Å². The zero-order chi connectivity index (χ0) is 34.8. The van der Waals surface area contributed by atoms with E-state index in [9.17, 15) is 29.3 Å². The molecule has 3 aliphatic rings. The van der Waals surface area contributed by atoms with Gasteiger partial charge in [-0.1, -0.05) is 39.0 Å². The Morgan fingerprint density at radius 2 is 1.73 bits per heavy atom. The largest absolute Gasteiger partial charge is 0.381 e. The molecule has 3 unspecified atom stereocenters. The molecule has 3 heterocycles. The maximum atomic E-state index is 13.8. The molecule has 10 nitrogen and oxygen atoms in total. The summed E-state index contributed by atoms with van der Waals surface area (Å²) in [5.41, 5.74) is 5.34. The summed E-state index contributed by atoms with van der Waals surface area (Å²) in [6.07, 6.45) is 7.87. The number of fused-ring (bicyclic) bond motifs is 5. The average Bonchev–Trinajstić information content (AvgIpc) is 3.32. The fourth-order valence-electron chi connectivity index (χ4n) is 7.83. The topological polar surface area (TPSA) is 142 Å². The fourth-order valence-corrected chi connectivity index (χ4v) is 7.83. The number of hydrogen-bond donors (Lipinski definition) is 2. The van der Waals surface area contributed by atoms with Crippen molar-refractivity contribution in [2.75, 3.05) is 11.9 Å². The highest BCUT2D eigenvalue weighted by Crippen LogP contribution is 2.40. The number of allylic oxidation sites excluding steroid dienone is 3. The molecule has 250 valence electrons. The zero-order valence-corrected chi connectivity index (χ0v) is 28.0. The maximum absolute atomic E-state index is 13.8. The third kappa shape index (κ3) is 5.35. The summed E-state index contributed by atoms with van der Waals surface area (Å²) < 4.78 is 0. The summed E-state index contributed by atoms with van der Waals surface area (Å²) in [7, 11) is 0. The molecule has 7 rings (SSSR count). The van der Waals surface area contributed by atoms with Gasteiger partial charge < -0.3 is 10.3 Å². The van der Waals surface area contributed by atoms with Gasteiger partial charge in [0.1, 0.15) is 0 Å². The Kier molecular flexibility index (Phi) is 7.84. The highest BCUT2D eigenvalue weighted by molar-refractivity contribution is 6.21. The molecule has 2 amide bonds. The number of aromatic amines is 1. The van der Waals surface area contributed by atoms with Crippen molar-refractivity contribution in [2.24, 2.45) is 11.3 Å². The quantitative estimate of drug-likeness (QED) is 0.0863. The van der Waals surface area contributed by atoms with Crippen LogP contribution in [0.15, 0.2) is 76.6 Å². The van der Waals surface area contributed by atoms with Gasteiger partial charge in [0, 0.05) is 52.7 Å². The van der Waals surface area contributed by atoms with Crippen LogP contribution in [0.3, 0.4) is 0 Å². The van der Waals surface area contributed by atoms with Gasteiger partial charge in [-0.3, -0.25) is 34.2 Å². The Bertz CT molecular complexity index is 2250. The summed E-state index contributed by atoms with van der Waals surface area (Å²) >= 11 is 0. The molecule has 1 aromatic heterocycles. The van der Waals surface area contributed by atoms with E-state index < -0.39 is 22.2 Å². The monoisotopic (exact) mass is 658 g/mol. The number of non-ortho nitro benzene ring substituents is 1. The van der Waals surface area contributed by atoms with Gasteiger partial charge in [0.05, 0.1) is 27.1 Å². The minimum Gasteiger partial charge on any atom is -0.381 e. The van der Waals surface area contributed by atoms with Gasteiger partial charge in [0.15, 0.2) is 11.2 Å². The van der Waals surface area contributed by atoms with Crippen molar-refractivity contribution in [2.45, 2.75) is 65.8 Å². The number of nitrogens with zero attached hydrogens (tertiary/aromatic N) is 2. The highest BCUT2D eigenvalue weighted by atomic mass is 16.6. The number of carbonyl (C=O) groups excluding carboxylic acids is 3. The number of amides is 2. The van der Waals surface area contributed by atoms with E-state index in [2.05, 4.69) is 29.4 Å². The van der Waals surface area contributed by atoms with Crippen LogP contribution < -0.4 is 10.7 Å². The molecule has 0 fully saturated rings. The van der Waals surface area contributed by atoms with E-state index in [1.165, 1.54) is 28.2 Å². The van der Waals surface area contributed by atoms with Crippen molar-refractivity contribution in [1.82, 2.24) is 9.88 Å². The molecule has 3 atom stereocenters. The van der Waals surface area contributed by atoms with Crippen LogP contribution in [0.5, 0.6) is 0 Å². The number of benzene rings is 3. The number of hydrogen-bond acceptors (Lipinski definition) is 7. The van der Waals surface area contributed by atoms with E-state index in [4.69, 9.17) is 0 Å². The molecule has 4 aromatic rings. The highest BCUT2D eigenvalue weighted by Gasteiger charge is 2.41. The predicted molar refractivity (Wildman–Crippen MR) is 189 cm³/mol. The lowest BCUT2D eigenvalue weighted by atomic mass is 9.75. The summed E-state index contributed by atoms with van der Waals surface area (Å²) in [6, 6.07) is 13.0. The smallest absolute Gasteiger partial charge is 0.270 e. The number of carbonyl (C=O) groups is 3. The number of anilines is 1. The number of ketones is 1. The third-order valence-corrected chi connectivity index (χ3v) is 10.8. The standard InChI is InChI=1S/C39H38N4O6/c1-5-22(6-2)23-9-12-27-32(15-23)41-34-18-29-33(17-30(34)36(27)45)40-31-14-21(8-11-26(31)35(29)44)19-39(4,7-3)20-42-37(46)25-13-10-24(43(48)49)16-28(25)38(42)47/h5,8-11,13-14,16-18,27,32,41H,6-7,12,15,19-20H2,1-4H3,(H,40,44)/b22-5+. The van der Waals surface area contributed by atoms with Crippen LogP contribution in [0, 0.1) is 21.4 Å². The van der Waals surface area contributed by atoms with Crippen LogP contribution in [-0.4, -0.2) is 45.0 Å². The van der Waals surface area contributed by atoms with Gasteiger partial charge in [0.25, 0.3) is 17.5 Å². The number of Topliss-reactive ketones (excluding diaryl/α,β-unsaturated/α-hetero) is 1. The van der Waals surface area contributed by atoms with Crippen LogP contribution in [0.2, 0.25) is 0 Å². The van der Waals surface area contributed by atoms with Crippen molar-refractivity contribution in [3.8, 4) is 0 Å². The Morgan fingerprint density at radius 3 is 2.45 bits per heavy atom. The predicted octanol–water partition coefficient (Wildman–Crippen LogP) is 7.51. The lowest BCUT2D eigenvalue weighted by molar-refractivity contribution is -0.384. The fraction of sp³-hybridized carbons (Fsp3) is 0.333. The lowest BCUT2D eigenvalue weighted by Crippen LogP contribution is -2.41. The summed E-state index contributed by atoms with van der Waals surface area (Å²) in [5.74, 6) is -1.07. The van der Waals surface area contributed by atoms with Gasteiger partial charge in [0.2, 0.25) is 0 Å². The van der Waals surface area contributed by atoms with Crippen molar-refractivity contribution in [3.05, 3.63) is 114 Å². The molecule has 3 aromatic carbocycles. The minimum atomic E-state index is -0.584. The number of H-pyrrole nitrogens is 1. The van der Waals surface area contributed by atoms with Crippen LogP contribution in [0.1, 0.15) is 90.0 Å². The van der Waals surface area contributed by atoms with Crippen LogP contribution in [0.25, 0.3) is 21.8 Å². The second-order valence-electron chi connectivity index (χ2n) is 13.9. The minimum absolute atomic E-state index is 0.0206. The van der Waals surface area contributed by atoms with Crippen LogP contribution in [-0.2, 0) is 6.42 Å². The van der Waals surface area contributed by atoms with E-state index in [0.29, 0.717) is 52.3 Å². The molecule has 49 heavy (non-hydrogen) atoms. The SMILES string of the molecule is C/C=C(\CC)C1=CCC2C(=O)c3cc4[nH]c5cc(CC(C)(CC)CN6C(=O)c7ccc([N+](=O)[O-])cc7C6=O)ccc5c(=O)c4cc3NC2C1. The average molecular weight is 659 g/mol. The maximum Gasteiger partial charge on any atom is 0.270 e. The van der Waals surface area contributed by atoms with Crippen molar-refractivity contribution in [1.29, 1.82) is 0 Å². The van der Waals surface area contributed by atoms with Gasteiger partial charge in [-0.25, -0.2) is 0 Å².